The van der Waals surface area contributed by atoms with E-state index in [9.17, 15) is 23.2 Å². The van der Waals surface area contributed by atoms with Crippen molar-refractivity contribution >= 4 is 22.9 Å². The Bertz CT molecular complexity index is 1490. The highest BCUT2D eigenvalue weighted by atomic mass is 19.2. The molecule has 0 radical (unpaired) electrons. The normalized spacial score (nSPS) is 15.2. The van der Waals surface area contributed by atoms with Gasteiger partial charge in [0.05, 0.1) is 6.54 Å². The number of urea groups is 1. The van der Waals surface area contributed by atoms with Crippen LogP contribution >= 0.6 is 0 Å². The average molecular weight is 468 g/mol. The molecule has 0 bridgehead atoms. The maximum Gasteiger partial charge on any atom is 0.333 e. The molecule has 2 heterocycles. The number of halogens is 2. The van der Waals surface area contributed by atoms with Crippen LogP contribution in [0.25, 0.3) is 11.2 Å². The number of nitrogens with zero attached hydrogens (tertiary/aromatic N) is 5. The van der Waals surface area contributed by atoms with E-state index in [2.05, 4.69) is 21.8 Å². The Balaban J connectivity index is 1.37. The Morgan fingerprint density at radius 1 is 1.12 bits per heavy atom. The summed E-state index contributed by atoms with van der Waals surface area (Å²) in [6, 6.07) is 2.71. The third-order valence-electron chi connectivity index (χ3n) is 6.01. The zero-order valence-electron chi connectivity index (χ0n) is 18.6. The fourth-order valence-electron chi connectivity index (χ4n) is 3.85. The van der Waals surface area contributed by atoms with Crippen LogP contribution in [0.5, 0.6) is 0 Å². The molecule has 2 saturated carbocycles. The minimum Gasteiger partial charge on any atom is -0.325 e. The summed E-state index contributed by atoms with van der Waals surface area (Å²) in [6.07, 6.45) is 3.35. The van der Waals surface area contributed by atoms with Gasteiger partial charge in [-0.25, -0.2) is 23.4 Å². The first-order chi connectivity index (χ1) is 16.3. The molecule has 9 nitrogen and oxygen atoms in total. The van der Waals surface area contributed by atoms with Crippen molar-refractivity contribution in [1.29, 1.82) is 0 Å². The van der Waals surface area contributed by atoms with Gasteiger partial charge in [-0.15, -0.1) is 0 Å². The minimum absolute atomic E-state index is 0.0195. The molecule has 0 unspecified atom stereocenters. The quantitative estimate of drug-likeness (QED) is 0.595. The molecule has 5 rings (SSSR count). The number of aromatic amines is 1. The topological polar surface area (TPSA) is 96.2 Å². The molecular weight excluding hydrogens is 446 g/mol. The molecule has 11 heteroatoms. The van der Waals surface area contributed by atoms with Gasteiger partial charge in [0.25, 0.3) is 5.56 Å². The number of carbonyl (C=O) groups excluding carboxylic acids is 1. The smallest absolute Gasteiger partial charge is 0.325 e. The molecule has 2 fully saturated rings. The van der Waals surface area contributed by atoms with Crippen LogP contribution in [0.15, 0.2) is 27.8 Å². The summed E-state index contributed by atoms with van der Waals surface area (Å²) in [5.74, 6) is 3.82. The molecule has 2 amide bonds. The molecule has 34 heavy (non-hydrogen) atoms. The van der Waals surface area contributed by atoms with E-state index in [0.717, 1.165) is 37.8 Å². The second kappa shape index (κ2) is 8.13. The second-order valence-electron chi connectivity index (χ2n) is 8.67. The van der Waals surface area contributed by atoms with Crippen molar-refractivity contribution in [3.8, 4) is 11.8 Å². The van der Waals surface area contributed by atoms with Crippen LogP contribution in [0, 0.1) is 23.5 Å². The molecule has 1 aromatic carbocycles. The summed E-state index contributed by atoms with van der Waals surface area (Å²) in [6.45, 7) is 0.0195. The van der Waals surface area contributed by atoms with Gasteiger partial charge in [0.1, 0.15) is 0 Å². The molecule has 0 saturated heterocycles. The van der Waals surface area contributed by atoms with Crippen LogP contribution in [0.4, 0.5) is 19.3 Å². The maximum absolute atomic E-state index is 13.5. The predicted octanol–water partition coefficient (Wildman–Crippen LogP) is 2.37. The molecule has 2 aliphatic rings. The average Bonchev–Trinajstić information content (AvgIpc) is 3.74. The number of nitrogens with one attached hydrogen (secondary N) is 1. The van der Waals surface area contributed by atoms with Gasteiger partial charge in [-0.2, -0.15) is 0 Å². The van der Waals surface area contributed by atoms with E-state index in [0.29, 0.717) is 5.65 Å². The van der Waals surface area contributed by atoms with Crippen LogP contribution < -0.4 is 16.1 Å². The SMILES string of the molecule is CN(CC#Cc1nc2c([nH]1)c(=O)n(C1CC1)c(=O)n2C1CC1)C(=O)N(C)c1ccc(F)c(F)c1. The first-order valence-electron chi connectivity index (χ1n) is 11.0. The summed E-state index contributed by atoms with van der Waals surface area (Å²) >= 11 is 0. The predicted molar refractivity (Wildman–Crippen MR) is 121 cm³/mol. The van der Waals surface area contributed by atoms with E-state index in [4.69, 9.17) is 0 Å². The van der Waals surface area contributed by atoms with E-state index in [-0.39, 0.29) is 46.9 Å². The number of imidazole rings is 1. The highest BCUT2D eigenvalue weighted by Crippen LogP contribution is 2.36. The summed E-state index contributed by atoms with van der Waals surface area (Å²) in [5.41, 5.74) is 0.0527. The van der Waals surface area contributed by atoms with Gasteiger partial charge >= 0.3 is 11.7 Å². The van der Waals surface area contributed by atoms with Gasteiger partial charge in [0.15, 0.2) is 28.6 Å². The fraction of sp³-hybridized carbons (Fsp3) is 0.391. The Morgan fingerprint density at radius 3 is 2.44 bits per heavy atom. The lowest BCUT2D eigenvalue weighted by Gasteiger charge is -2.23. The van der Waals surface area contributed by atoms with Crippen molar-refractivity contribution in [2.75, 3.05) is 25.5 Å². The molecule has 0 atom stereocenters. The standard InChI is InChI=1S/C23H22F2N6O3/c1-28(22(33)29(2)15-9-10-16(24)17(25)12-15)11-3-4-18-26-19-20(27-18)30(13-5-6-13)23(34)31(21(19)32)14-7-8-14/h9-10,12-14H,5-8,11H2,1-2H3,(H,26,27). The second-order valence-corrected chi connectivity index (χ2v) is 8.67. The van der Waals surface area contributed by atoms with E-state index < -0.39 is 17.7 Å². The highest BCUT2D eigenvalue weighted by molar-refractivity contribution is 5.91. The zero-order chi connectivity index (χ0) is 24.1. The number of carbonyl (C=O) groups is 1. The van der Waals surface area contributed by atoms with Crippen molar-refractivity contribution in [3.05, 3.63) is 56.5 Å². The first-order valence-corrected chi connectivity index (χ1v) is 11.0. The van der Waals surface area contributed by atoms with Gasteiger partial charge in [0, 0.05) is 37.9 Å². The molecule has 1 N–H and O–H groups in total. The largest absolute Gasteiger partial charge is 0.333 e. The Hall–Kier alpha value is -3.94. The molecule has 176 valence electrons. The van der Waals surface area contributed by atoms with Gasteiger partial charge < -0.3 is 9.88 Å². The first kappa shape index (κ1) is 21.9. The van der Waals surface area contributed by atoms with Crippen molar-refractivity contribution in [2.24, 2.45) is 0 Å². The Morgan fingerprint density at radius 2 is 1.79 bits per heavy atom. The van der Waals surface area contributed by atoms with Crippen LogP contribution in [-0.4, -0.2) is 50.7 Å². The number of hydrogen-bond acceptors (Lipinski definition) is 4. The number of aromatic nitrogens is 4. The van der Waals surface area contributed by atoms with Gasteiger partial charge in [-0.05, 0) is 43.7 Å². The molecular formula is C23H22F2N6O3. The lowest BCUT2D eigenvalue weighted by molar-refractivity contribution is 0.221. The van der Waals surface area contributed by atoms with Crippen LogP contribution in [0.2, 0.25) is 0 Å². The van der Waals surface area contributed by atoms with Crippen molar-refractivity contribution in [1.82, 2.24) is 24.0 Å². The Kier molecular flexibility index (Phi) is 5.23. The highest BCUT2D eigenvalue weighted by Gasteiger charge is 2.34. The van der Waals surface area contributed by atoms with Crippen LogP contribution in [-0.2, 0) is 0 Å². The minimum atomic E-state index is -1.05. The third kappa shape index (κ3) is 3.85. The monoisotopic (exact) mass is 468 g/mol. The fourth-order valence-corrected chi connectivity index (χ4v) is 3.85. The maximum atomic E-state index is 13.5. The van der Waals surface area contributed by atoms with Gasteiger partial charge in [0.2, 0.25) is 0 Å². The third-order valence-corrected chi connectivity index (χ3v) is 6.01. The summed E-state index contributed by atoms with van der Waals surface area (Å²) in [4.78, 5) is 48.2. The van der Waals surface area contributed by atoms with Crippen molar-refractivity contribution < 1.29 is 13.6 Å². The Labute approximate surface area is 192 Å². The number of benzene rings is 1. The number of fused-ring (bicyclic) bond motifs is 1. The van der Waals surface area contributed by atoms with Gasteiger partial charge in [-0.3, -0.25) is 18.8 Å². The summed E-state index contributed by atoms with van der Waals surface area (Å²) < 4.78 is 29.5. The van der Waals surface area contributed by atoms with E-state index in [1.165, 1.54) is 34.5 Å². The lowest BCUT2D eigenvalue weighted by Crippen LogP contribution is -2.39. The van der Waals surface area contributed by atoms with E-state index in [1.54, 1.807) is 4.57 Å². The molecule has 0 aliphatic heterocycles. The van der Waals surface area contributed by atoms with Gasteiger partial charge in [-0.1, -0.05) is 5.92 Å². The molecule has 2 aliphatic carbocycles. The number of anilines is 1. The molecule has 3 aromatic rings. The van der Waals surface area contributed by atoms with Crippen LogP contribution in [0.1, 0.15) is 43.6 Å². The molecule has 0 spiro atoms. The number of hydrogen-bond donors (Lipinski definition) is 1. The van der Waals surface area contributed by atoms with Crippen LogP contribution in [0.3, 0.4) is 0 Å². The van der Waals surface area contributed by atoms with E-state index in [1.807, 2.05) is 0 Å². The number of H-pyrrole nitrogens is 1. The summed E-state index contributed by atoms with van der Waals surface area (Å²) in [5, 5.41) is 0. The summed E-state index contributed by atoms with van der Waals surface area (Å²) in [7, 11) is 2.96. The van der Waals surface area contributed by atoms with Crippen molar-refractivity contribution in [3.63, 3.8) is 0 Å². The van der Waals surface area contributed by atoms with Crippen molar-refractivity contribution in [2.45, 2.75) is 37.8 Å². The lowest BCUT2D eigenvalue weighted by atomic mass is 10.3. The molecule has 2 aromatic heterocycles. The zero-order valence-corrected chi connectivity index (χ0v) is 18.6. The van der Waals surface area contributed by atoms with E-state index >= 15 is 0 Å². The number of rotatable bonds is 4. The number of amides is 2.